The number of rotatable bonds is 62. The van der Waals surface area contributed by atoms with Crippen LogP contribution in [0.25, 0.3) is 0 Å². The van der Waals surface area contributed by atoms with E-state index in [1.807, 2.05) is 0 Å². The molecule has 468 valence electrons. The number of hydrogen-bond acceptors (Lipinski definition) is 6. The molecule has 0 aliphatic heterocycles. The summed E-state index contributed by atoms with van der Waals surface area (Å²) in [5.74, 6) is -0.926. The maximum absolute atomic E-state index is 12.9. The first-order chi connectivity index (χ1) is 40.5. The highest BCUT2D eigenvalue weighted by atomic mass is 16.6. The summed E-state index contributed by atoms with van der Waals surface area (Å²) in [6.45, 7) is 6.46. The van der Waals surface area contributed by atoms with Crippen LogP contribution in [0.3, 0.4) is 0 Å². The van der Waals surface area contributed by atoms with Crippen molar-refractivity contribution in [2.45, 2.75) is 329 Å². The van der Waals surface area contributed by atoms with Gasteiger partial charge < -0.3 is 14.2 Å². The zero-order valence-corrected chi connectivity index (χ0v) is 53.7. The van der Waals surface area contributed by atoms with Gasteiger partial charge in [-0.05, 0) is 116 Å². The molecule has 82 heavy (non-hydrogen) atoms. The molecule has 0 fully saturated rings. The van der Waals surface area contributed by atoms with Crippen molar-refractivity contribution in [1.82, 2.24) is 0 Å². The number of hydrogen-bond donors (Lipinski definition) is 0. The zero-order valence-electron chi connectivity index (χ0n) is 53.7. The van der Waals surface area contributed by atoms with E-state index < -0.39 is 6.10 Å². The van der Waals surface area contributed by atoms with E-state index in [2.05, 4.69) is 142 Å². The lowest BCUT2D eigenvalue weighted by Crippen LogP contribution is -2.30. The predicted molar refractivity (Wildman–Crippen MR) is 357 cm³/mol. The lowest BCUT2D eigenvalue weighted by molar-refractivity contribution is -0.167. The number of unbranched alkanes of at least 4 members (excludes halogenated alkanes) is 31. The molecule has 0 heterocycles. The van der Waals surface area contributed by atoms with Gasteiger partial charge in [0.15, 0.2) is 6.10 Å². The van der Waals surface area contributed by atoms with E-state index in [-0.39, 0.29) is 31.1 Å². The maximum Gasteiger partial charge on any atom is 0.306 e. The summed E-state index contributed by atoms with van der Waals surface area (Å²) in [4.78, 5) is 38.1. The van der Waals surface area contributed by atoms with Gasteiger partial charge >= 0.3 is 17.9 Å². The molecular weight excluding hydrogens is 1010 g/mol. The Morgan fingerprint density at radius 1 is 0.256 bits per heavy atom. The van der Waals surface area contributed by atoms with Gasteiger partial charge in [0, 0.05) is 19.3 Å². The fourth-order valence-corrected chi connectivity index (χ4v) is 9.55. The molecule has 0 spiro atoms. The predicted octanol–water partition coefficient (Wildman–Crippen LogP) is 23.9. The van der Waals surface area contributed by atoms with Crippen LogP contribution in [0.15, 0.2) is 122 Å². The van der Waals surface area contributed by atoms with Crippen LogP contribution in [-0.2, 0) is 28.6 Å². The molecule has 0 N–H and O–H groups in total. The first-order valence-corrected chi connectivity index (χ1v) is 34.5. The first-order valence-electron chi connectivity index (χ1n) is 34.5. The van der Waals surface area contributed by atoms with Gasteiger partial charge in [-0.3, -0.25) is 14.4 Å². The third kappa shape index (κ3) is 66.6. The SMILES string of the molecule is CC/C=C\C/C=C\C/C=C\C/C=C\C/C=C\C/C=C\C/C=C\C/C=C\C/C=C\CCCCCC(=O)OCC(COC(=O)CCCCCCCC)OC(=O)CCCCCCCCCCCCCCCCC/C=C\CCCCCCCCCC. The minimum atomic E-state index is -0.792. The zero-order chi connectivity index (χ0) is 59.2. The Kier molecular flexibility index (Phi) is 65.8. The molecule has 6 heteroatoms. The van der Waals surface area contributed by atoms with E-state index in [9.17, 15) is 14.4 Å². The summed E-state index contributed by atoms with van der Waals surface area (Å²) in [5, 5.41) is 0. The maximum atomic E-state index is 12.9. The Hall–Kier alpha value is -4.19. The van der Waals surface area contributed by atoms with Gasteiger partial charge in [-0.25, -0.2) is 0 Å². The molecule has 0 aliphatic rings. The van der Waals surface area contributed by atoms with E-state index in [1.165, 1.54) is 161 Å². The standard InChI is InChI=1S/C76H128O6/c1-4-7-10-13-16-18-20-22-24-26-28-30-32-34-36-37-38-39-41-42-44-46-48-50-52-54-56-58-60-63-66-69-75(78)81-72-73(71-80-74(77)68-65-62-15-12-9-6-3)82-76(79)70-67-64-61-59-57-55-53-51-49-47-45-43-40-35-33-31-29-27-25-23-21-19-17-14-11-8-5-2/h7,10,16,18,22,24,27-30,34,36,38-39,42,44,48,50,54,56,73H,4-6,8-9,11-15,17,19-21,23,25-26,31-33,35,37,40-41,43,45-47,49,51-53,55,57-72H2,1-3H3/b10-7-,18-16-,24-22-,29-27-,30-28-,36-34-,39-38-,44-42-,50-48-,56-54-. The fourth-order valence-electron chi connectivity index (χ4n) is 9.55. The average molecular weight is 1140 g/mol. The first kappa shape index (κ1) is 77.8. The number of allylic oxidation sites excluding steroid dienone is 20. The van der Waals surface area contributed by atoms with Crippen LogP contribution < -0.4 is 0 Å². The van der Waals surface area contributed by atoms with Gasteiger partial charge in [0.25, 0.3) is 0 Å². The van der Waals surface area contributed by atoms with E-state index in [0.717, 1.165) is 122 Å². The van der Waals surface area contributed by atoms with Gasteiger partial charge in [0.1, 0.15) is 13.2 Å². The topological polar surface area (TPSA) is 78.9 Å². The summed E-state index contributed by atoms with van der Waals surface area (Å²) in [7, 11) is 0. The quantitative estimate of drug-likeness (QED) is 0.0261. The van der Waals surface area contributed by atoms with Crippen molar-refractivity contribution < 1.29 is 28.6 Å². The van der Waals surface area contributed by atoms with E-state index >= 15 is 0 Å². The molecule has 0 rings (SSSR count). The number of carbonyl (C=O) groups excluding carboxylic acids is 3. The van der Waals surface area contributed by atoms with E-state index in [0.29, 0.717) is 19.3 Å². The second-order valence-electron chi connectivity index (χ2n) is 22.7. The van der Waals surface area contributed by atoms with E-state index in [1.54, 1.807) is 0 Å². The van der Waals surface area contributed by atoms with Crippen LogP contribution in [0.4, 0.5) is 0 Å². The van der Waals surface area contributed by atoms with Crippen molar-refractivity contribution in [3.63, 3.8) is 0 Å². The molecule has 0 bridgehead atoms. The van der Waals surface area contributed by atoms with Crippen molar-refractivity contribution >= 4 is 17.9 Å². The Balaban J connectivity index is 4.14. The minimum absolute atomic E-state index is 0.0888. The molecule has 0 amide bonds. The van der Waals surface area contributed by atoms with Gasteiger partial charge in [-0.2, -0.15) is 0 Å². The molecule has 1 atom stereocenters. The molecule has 0 aliphatic carbocycles. The molecule has 0 aromatic heterocycles. The molecule has 1 unspecified atom stereocenters. The van der Waals surface area contributed by atoms with Crippen molar-refractivity contribution in [2.24, 2.45) is 0 Å². The highest BCUT2D eigenvalue weighted by Gasteiger charge is 2.19. The molecule has 6 nitrogen and oxygen atoms in total. The summed E-state index contributed by atoms with van der Waals surface area (Å²) < 4.78 is 16.8. The normalized spacial score (nSPS) is 12.9. The van der Waals surface area contributed by atoms with Crippen LogP contribution in [0.1, 0.15) is 323 Å². The Morgan fingerprint density at radius 3 is 0.768 bits per heavy atom. The van der Waals surface area contributed by atoms with Gasteiger partial charge in [-0.1, -0.05) is 309 Å². The summed E-state index contributed by atoms with van der Waals surface area (Å²) >= 11 is 0. The van der Waals surface area contributed by atoms with Crippen molar-refractivity contribution in [3.05, 3.63) is 122 Å². The minimum Gasteiger partial charge on any atom is -0.462 e. The fraction of sp³-hybridized carbons (Fsp3) is 0.697. The van der Waals surface area contributed by atoms with Crippen LogP contribution >= 0.6 is 0 Å². The third-order valence-electron chi connectivity index (χ3n) is 14.7. The van der Waals surface area contributed by atoms with Crippen molar-refractivity contribution in [2.75, 3.05) is 13.2 Å². The summed E-state index contributed by atoms with van der Waals surface area (Å²) in [5.41, 5.74) is 0. The number of carbonyl (C=O) groups is 3. The second kappa shape index (κ2) is 69.3. The average Bonchev–Trinajstić information content (AvgIpc) is 3.47. The lowest BCUT2D eigenvalue weighted by Gasteiger charge is -2.18. The highest BCUT2D eigenvalue weighted by molar-refractivity contribution is 5.71. The smallest absolute Gasteiger partial charge is 0.306 e. The van der Waals surface area contributed by atoms with Crippen LogP contribution in [0, 0.1) is 0 Å². The molecule has 0 radical (unpaired) electrons. The Labute approximate surface area is 507 Å². The molecule has 0 saturated carbocycles. The van der Waals surface area contributed by atoms with Crippen molar-refractivity contribution in [1.29, 1.82) is 0 Å². The lowest BCUT2D eigenvalue weighted by atomic mass is 10.0. The third-order valence-corrected chi connectivity index (χ3v) is 14.7. The van der Waals surface area contributed by atoms with Crippen LogP contribution in [0.5, 0.6) is 0 Å². The van der Waals surface area contributed by atoms with E-state index in [4.69, 9.17) is 14.2 Å². The Morgan fingerprint density at radius 2 is 0.476 bits per heavy atom. The number of ether oxygens (including phenoxy) is 3. The highest BCUT2D eigenvalue weighted by Crippen LogP contribution is 2.16. The molecule has 0 saturated heterocycles. The number of esters is 3. The largest absolute Gasteiger partial charge is 0.462 e. The molecule has 0 aromatic carbocycles. The Bertz CT molecular complexity index is 1690. The van der Waals surface area contributed by atoms with Crippen LogP contribution in [-0.4, -0.2) is 37.2 Å². The molecule has 0 aromatic rings. The summed E-state index contributed by atoms with van der Waals surface area (Å²) in [6, 6.07) is 0. The van der Waals surface area contributed by atoms with Gasteiger partial charge in [0.2, 0.25) is 0 Å². The second-order valence-corrected chi connectivity index (χ2v) is 22.7. The van der Waals surface area contributed by atoms with Crippen molar-refractivity contribution in [3.8, 4) is 0 Å². The summed E-state index contributed by atoms with van der Waals surface area (Å²) in [6.07, 6.45) is 96.9. The van der Waals surface area contributed by atoms with Gasteiger partial charge in [-0.15, -0.1) is 0 Å². The molecular formula is C76H128O6. The van der Waals surface area contributed by atoms with Gasteiger partial charge in [0.05, 0.1) is 0 Å². The van der Waals surface area contributed by atoms with Crippen LogP contribution in [0.2, 0.25) is 0 Å². The monoisotopic (exact) mass is 1140 g/mol.